The molecule has 0 radical (unpaired) electrons. The first-order chi connectivity index (χ1) is 16.7. The predicted octanol–water partition coefficient (Wildman–Crippen LogP) is 4.07. The van der Waals surface area contributed by atoms with Crippen molar-refractivity contribution in [2.24, 2.45) is 23.7 Å². The highest BCUT2D eigenvalue weighted by atomic mass is 35.5. The van der Waals surface area contributed by atoms with Crippen LogP contribution >= 0.6 is 23.2 Å². The van der Waals surface area contributed by atoms with Gasteiger partial charge in [-0.1, -0.05) is 12.1 Å². The second-order valence-corrected chi connectivity index (χ2v) is 10.6. The third-order valence-corrected chi connectivity index (χ3v) is 8.49. The van der Waals surface area contributed by atoms with E-state index in [1.807, 2.05) is 32.0 Å². The molecule has 6 atom stereocenters. The lowest BCUT2D eigenvalue weighted by Crippen LogP contribution is -2.37. The highest BCUT2D eigenvalue weighted by Gasteiger charge is 2.66. The fourth-order valence-electron chi connectivity index (χ4n) is 5.83. The molecular weight excluding hydrogens is 491 g/mol. The first kappa shape index (κ1) is 23.8. The third kappa shape index (κ3) is 4.10. The monoisotopic (exact) mass is 514 g/mol. The molecule has 0 aromatic heterocycles. The molecule has 0 spiro atoms. The average Bonchev–Trinajstić information content (AvgIpc) is 3.41. The highest BCUT2D eigenvalue weighted by Crippen LogP contribution is 2.59. The summed E-state index contributed by atoms with van der Waals surface area (Å²) in [6.45, 7) is 3.37. The van der Waals surface area contributed by atoms with Gasteiger partial charge in [0.05, 0.1) is 33.8 Å². The number of halogens is 2. The van der Waals surface area contributed by atoms with Crippen molar-refractivity contribution in [3.05, 3.63) is 59.2 Å². The number of hydrogen-bond acceptors (Lipinski definition) is 5. The molecule has 3 fully saturated rings. The molecule has 182 valence electrons. The number of benzene rings is 2. The Labute approximate surface area is 212 Å². The van der Waals surface area contributed by atoms with Gasteiger partial charge in [0.25, 0.3) is 5.91 Å². The van der Waals surface area contributed by atoms with Crippen LogP contribution in [0.2, 0.25) is 0 Å². The van der Waals surface area contributed by atoms with Gasteiger partial charge in [0.2, 0.25) is 11.8 Å². The third-order valence-electron chi connectivity index (χ3n) is 7.17. The normalized spacial score (nSPS) is 28.9. The zero-order valence-corrected chi connectivity index (χ0v) is 20.7. The first-order valence-electron chi connectivity index (χ1n) is 11.5. The Morgan fingerprint density at radius 3 is 2.17 bits per heavy atom. The van der Waals surface area contributed by atoms with Crippen LogP contribution in [-0.2, 0) is 19.1 Å². The number of nitrogens with one attached hydrogen (secondary N) is 1. The maximum Gasteiger partial charge on any atom is 0.338 e. The van der Waals surface area contributed by atoms with Gasteiger partial charge in [0, 0.05) is 5.69 Å². The van der Waals surface area contributed by atoms with E-state index in [0.29, 0.717) is 17.8 Å². The molecule has 1 N–H and O–H groups in total. The number of aryl methyl sites for hydroxylation is 2. The van der Waals surface area contributed by atoms with E-state index in [1.54, 1.807) is 12.1 Å². The summed E-state index contributed by atoms with van der Waals surface area (Å²) >= 11 is 12.8. The number of amides is 3. The average molecular weight is 515 g/mol. The van der Waals surface area contributed by atoms with Crippen molar-refractivity contribution >= 4 is 58.3 Å². The van der Waals surface area contributed by atoms with E-state index in [-0.39, 0.29) is 40.0 Å². The smallest absolute Gasteiger partial charge is 0.338 e. The minimum atomic E-state index is -0.733. The summed E-state index contributed by atoms with van der Waals surface area (Å²) in [5.74, 6) is -3.02. The highest BCUT2D eigenvalue weighted by molar-refractivity contribution is 6.32. The molecule has 2 saturated carbocycles. The number of carbonyl (C=O) groups is 4. The Bertz CT molecular complexity index is 1200. The number of esters is 1. The quantitative estimate of drug-likeness (QED) is 0.368. The van der Waals surface area contributed by atoms with Gasteiger partial charge in [-0.25, -0.2) is 4.79 Å². The van der Waals surface area contributed by atoms with Crippen molar-refractivity contribution in [1.82, 2.24) is 0 Å². The number of hydrogen-bond donors (Lipinski definition) is 1. The van der Waals surface area contributed by atoms with E-state index in [2.05, 4.69) is 5.32 Å². The molecule has 9 heteroatoms. The largest absolute Gasteiger partial charge is 0.452 e. The topological polar surface area (TPSA) is 92.8 Å². The number of ether oxygens (including phenoxy) is 1. The number of carbonyl (C=O) groups excluding carboxylic acids is 4. The summed E-state index contributed by atoms with van der Waals surface area (Å²) in [6, 6.07) is 11.7. The number of rotatable bonds is 5. The Kier molecular flexibility index (Phi) is 6.09. The lowest BCUT2D eigenvalue weighted by molar-refractivity contribution is -0.123. The maximum absolute atomic E-state index is 13.2. The van der Waals surface area contributed by atoms with Crippen molar-refractivity contribution in [2.75, 3.05) is 16.8 Å². The summed E-state index contributed by atoms with van der Waals surface area (Å²) in [5, 5.41) is 2.03. The lowest BCUT2D eigenvalue weighted by Gasteiger charge is -2.28. The first-order valence-corrected chi connectivity index (χ1v) is 12.3. The second-order valence-electron chi connectivity index (χ2n) is 9.57. The molecule has 1 heterocycles. The van der Waals surface area contributed by atoms with Crippen LogP contribution in [0.1, 0.15) is 27.9 Å². The fourth-order valence-corrected chi connectivity index (χ4v) is 6.73. The number of nitrogens with zero attached hydrogens (tertiary/aromatic N) is 1. The van der Waals surface area contributed by atoms with Crippen LogP contribution in [-0.4, -0.2) is 41.1 Å². The molecular formula is C26H24Cl2N2O5. The van der Waals surface area contributed by atoms with Gasteiger partial charge in [-0.3, -0.25) is 19.3 Å². The van der Waals surface area contributed by atoms with Gasteiger partial charge >= 0.3 is 5.97 Å². The van der Waals surface area contributed by atoms with Crippen molar-refractivity contribution in [2.45, 2.75) is 31.0 Å². The molecule has 1 saturated heterocycles. The standard InChI is InChI=1S/C26H24Cl2N2O5/c1-12-6-13(2)8-15(7-12)29-19(31)11-35-26(34)14-4-3-5-16(9-14)30-24(32)20-17-10-18(21(20)25(30)33)23(28)22(17)27/h3-9,17-18,20-23H,10-11H2,1-2H3,(H,29,31)/t17-,18-,20-,21-,22+,23+/m1/s1. The molecule has 3 aliphatic rings. The van der Waals surface area contributed by atoms with E-state index < -0.39 is 30.3 Å². The Morgan fingerprint density at radius 2 is 1.57 bits per heavy atom. The van der Waals surface area contributed by atoms with Crippen molar-refractivity contribution in [3.8, 4) is 0 Å². The minimum Gasteiger partial charge on any atom is -0.452 e. The van der Waals surface area contributed by atoms with Gasteiger partial charge in [-0.2, -0.15) is 0 Å². The van der Waals surface area contributed by atoms with E-state index in [1.165, 1.54) is 12.1 Å². The second kappa shape index (κ2) is 8.95. The van der Waals surface area contributed by atoms with Crippen LogP contribution in [0, 0.1) is 37.5 Å². The maximum atomic E-state index is 13.2. The molecule has 3 amide bonds. The van der Waals surface area contributed by atoms with Crippen molar-refractivity contribution < 1.29 is 23.9 Å². The Hall–Kier alpha value is -2.90. The molecule has 7 nitrogen and oxygen atoms in total. The van der Waals surface area contributed by atoms with Gasteiger partial charge in [0.1, 0.15) is 0 Å². The Morgan fingerprint density at radius 1 is 0.971 bits per heavy atom. The zero-order valence-electron chi connectivity index (χ0n) is 19.2. The molecule has 35 heavy (non-hydrogen) atoms. The molecule has 2 aliphatic carbocycles. The molecule has 2 aromatic rings. The fraction of sp³-hybridized carbons (Fsp3) is 0.385. The van der Waals surface area contributed by atoms with E-state index >= 15 is 0 Å². The summed E-state index contributed by atoms with van der Waals surface area (Å²) in [6.07, 6.45) is 0.680. The summed E-state index contributed by atoms with van der Waals surface area (Å²) < 4.78 is 5.17. The van der Waals surface area contributed by atoms with Crippen molar-refractivity contribution in [3.63, 3.8) is 0 Å². The van der Waals surface area contributed by atoms with Crippen LogP contribution < -0.4 is 10.2 Å². The van der Waals surface area contributed by atoms with Gasteiger partial charge in [0.15, 0.2) is 6.61 Å². The lowest BCUT2D eigenvalue weighted by atomic mass is 9.80. The zero-order chi connectivity index (χ0) is 25.0. The Balaban J connectivity index is 1.26. The number of alkyl halides is 2. The summed E-state index contributed by atoms with van der Waals surface area (Å²) in [5.41, 5.74) is 3.04. The summed E-state index contributed by atoms with van der Waals surface area (Å²) in [4.78, 5) is 52.4. The van der Waals surface area contributed by atoms with Crippen LogP contribution in [0.4, 0.5) is 11.4 Å². The van der Waals surface area contributed by atoms with Crippen LogP contribution in [0.25, 0.3) is 0 Å². The van der Waals surface area contributed by atoms with E-state index in [0.717, 1.165) is 16.0 Å². The van der Waals surface area contributed by atoms with E-state index in [4.69, 9.17) is 27.9 Å². The van der Waals surface area contributed by atoms with E-state index in [9.17, 15) is 19.2 Å². The molecule has 0 unspecified atom stereocenters. The molecule has 5 rings (SSSR count). The summed E-state index contributed by atoms with van der Waals surface area (Å²) in [7, 11) is 0. The van der Waals surface area contributed by atoms with Gasteiger partial charge < -0.3 is 10.1 Å². The van der Waals surface area contributed by atoms with Crippen LogP contribution in [0.3, 0.4) is 0 Å². The van der Waals surface area contributed by atoms with Gasteiger partial charge in [-0.15, -0.1) is 23.2 Å². The number of imide groups is 1. The van der Waals surface area contributed by atoms with Crippen molar-refractivity contribution in [1.29, 1.82) is 0 Å². The SMILES string of the molecule is Cc1cc(C)cc(NC(=O)COC(=O)c2cccc(N3C(=O)[C@@H]4[C@H]5C[C@@H]([C@H](Cl)[C@H]5Cl)[C@H]4C3=O)c2)c1. The van der Waals surface area contributed by atoms with Crippen LogP contribution in [0.5, 0.6) is 0 Å². The number of anilines is 2. The minimum absolute atomic E-state index is 0.125. The molecule has 2 bridgehead atoms. The number of fused-ring (bicyclic) bond motifs is 5. The molecule has 1 aliphatic heterocycles. The van der Waals surface area contributed by atoms with Crippen LogP contribution in [0.15, 0.2) is 42.5 Å². The predicted molar refractivity (Wildman–Crippen MR) is 132 cm³/mol. The molecule has 2 aromatic carbocycles. The van der Waals surface area contributed by atoms with Gasteiger partial charge in [-0.05, 0) is 73.6 Å².